The van der Waals surface area contributed by atoms with Gasteiger partial charge in [-0.1, -0.05) is 115 Å². The highest BCUT2D eigenvalue weighted by Crippen LogP contribution is 2.54. The lowest BCUT2D eigenvalue weighted by Gasteiger charge is -2.34. The predicted molar refractivity (Wildman–Crippen MR) is 208 cm³/mol. The van der Waals surface area contributed by atoms with Gasteiger partial charge in [0.25, 0.3) is 0 Å². The Bertz CT molecular complexity index is 2990. The van der Waals surface area contributed by atoms with Gasteiger partial charge in [0, 0.05) is 33.0 Å². The van der Waals surface area contributed by atoms with E-state index in [1.165, 1.54) is 49.0 Å². The summed E-state index contributed by atoms with van der Waals surface area (Å²) in [4.78, 5) is 13.2. The molecule has 1 aliphatic rings. The van der Waals surface area contributed by atoms with E-state index in [0.29, 0.717) is 0 Å². The summed E-state index contributed by atoms with van der Waals surface area (Å²) in [5, 5.41) is 7.25. The van der Waals surface area contributed by atoms with E-state index in [0.717, 1.165) is 50.7 Å². The molecule has 4 heteroatoms. The summed E-state index contributed by atoms with van der Waals surface area (Å²) in [6, 6.07) is 60.6. The first kappa shape index (κ1) is 27.2. The van der Waals surface area contributed by atoms with Gasteiger partial charge in [0.05, 0.1) is 33.4 Å². The third kappa shape index (κ3) is 3.81. The van der Waals surface area contributed by atoms with Crippen LogP contribution in [0.1, 0.15) is 0 Å². The van der Waals surface area contributed by atoms with Gasteiger partial charge in [0.15, 0.2) is 5.82 Å². The Morgan fingerprint density at radius 2 is 1.14 bits per heavy atom. The number of hydrogen-bond acceptors (Lipinski definition) is 3. The molecule has 0 bridgehead atoms. The smallest absolute Gasteiger partial charge is 0.165 e. The second kappa shape index (κ2) is 10.4. The monoisotopic (exact) mass is 636 g/mol. The lowest BCUT2D eigenvalue weighted by atomic mass is 9.88. The van der Waals surface area contributed by atoms with Crippen molar-refractivity contribution in [3.05, 3.63) is 170 Å². The third-order valence-corrected chi connectivity index (χ3v) is 10.3. The number of anilines is 3. The van der Waals surface area contributed by atoms with Crippen LogP contribution < -0.4 is 4.90 Å². The van der Waals surface area contributed by atoms with Crippen molar-refractivity contribution in [2.75, 3.05) is 4.90 Å². The lowest BCUT2D eigenvalue weighted by Crippen LogP contribution is -2.18. The van der Waals surface area contributed by atoms with Crippen molar-refractivity contribution >= 4 is 71.6 Å². The van der Waals surface area contributed by atoms with Gasteiger partial charge in [-0.3, -0.25) is 4.90 Å². The average molecular weight is 637 g/mol. The lowest BCUT2D eigenvalue weighted by molar-refractivity contribution is 1.17. The van der Waals surface area contributed by atoms with Gasteiger partial charge in [-0.15, -0.1) is 0 Å². The van der Waals surface area contributed by atoms with E-state index in [1.54, 1.807) is 0 Å². The molecule has 4 nitrogen and oxygen atoms in total. The highest BCUT2D eigenvalue weighted by atomic mass is 15.2. The molecule has 0 atom stereocenters. The van der Waals surface area contributed by atoms with Crippen molar-refractivity contribution in [3.8, 4) is 28.1 Å². The van der Waals surface area contributed by atoms with Crippen LogP contribution in [-0.4, -0.2) is 14.5 Å². The Hall–Kier alpha value is -6.78. The number of para-hydroxylation sites is 4. The molecular formula is C46H28N4. The molecule has 0 spiro atoms. The van der Waals surface area contributed by atoms with Crippen molar-refractivity contribution in [3.63, 3.8) is 0 Å². The van der Waals surface area contributed by atoms with Gasteiger partial charge >= 0.3 is 0 Å². The second-order valence-corrected chi connectivity index (χ2v) is 13.0. The molecule has 2 aromatic heterocycles. The molecule has 8 aromatic carbocycles. The van der Waals surface area contributed by atoms with E-state index in [2.05, 4.69) is 167 Å². The Morgan fingerprint density at radius 3 is 2.02 bits per heavy atom. The number of hydrogen-bond donors (Lipinski definition) is 0. The van der Waals surface area contributed by atoms with Crippen LogP contribution >= 0.6 is 0 Å². The fraction of sp³-hybridized carbons (Fsp3) is 0. The van der Waals surface area contributed by atoms with Crippen LogP contribution in [0, 0.1) is 0 Å². The maximum absolute atomic E-state index is 5.47. The summed E-state index contributed by atoms with van der Waals surface area (Å²) in [6.45, 7) is 0. The molecule has 0 fully saturated rings. The average Bonchev–Trinajstić information content (AvgIpc) is 3.51. The third-order valence-electron chi connectivity index (χ3n) is 10.3. The van der Waals surface area contributed by atoms with E-state index < -0.39 is 0 Å². The van der Waals surface area contributed by atoms with E-state index in [4.69, 9.17) is 9.97 Å². The van der Waals surface area contributed by atoms with Crippen LogP contribution in [0.3, 0.4) is 0 Å². The van der Waals surface area contributed by atoms with Crippen LogP contribution in [0.5, 0.6) is 0 Å². The predicted octanol–water partition coefficient (Wildman–Crippen LogP) is 12.2. The maximum Gasteiger partial charge on any atom is 0.165 e. The van der Waals surface area contributed by atoms with E-state index in [1.807, 2.05) is 12.1 Å². The molecule has 232 valence electrons. The molecule has 3 heterocycles. The topological polar surface area (TPSA) is 34.0 Å². The van der Waals surface area contributed by atoms with Gasteiger partial charge in [0.2, 0.25) is 0 Å². The first-order chi connectivity index (χ1) is 24.8. The van der Waals surface area contributed by atoms with Crippen LogP contribution in [-0.2, 0) is 0 Å². The van der Waals surface area contributed by atoms with Crippen LogP contribution in [0.2, 0.25) is 0 Å². The molecule has 0 unspecified atom stereocenters. The zero-order chi connectivity index (χ0) is 32.8. The summed E-state index contributed by atoms with van der Waals surface area (Å²) in [5.41, 5.74) is 11.7. The van der Waals surface area contributed by atoms with E-state index >= 15 is 0 Å². The van der Waals surface area contributed by atoms with Crippen molar-refractivity contribution < 1.29 is 0 Å². The van der Waals surface area contributed by atoms with Crippen molar-refractivity contribution in [1.29, 1.82) is 0 Å². The number of benzene rings is 8. The molecule has 0 radical (unpaired) electrons. The van der Waals surface area contributed by atoms with Crippen LogP contribution in [0.15, 0.2) is 170 Å². The highest BCUT2D eigenvalue weighted by Gasteiger charge is 2.31. The van der Waals surface area contributed by atoms with Gasteiger partial charge in [-0.25, -0.2) is 9.97 Å². The van der Waals surface area contributed by atoms with Gasteiger partial charge in [-0.05, 0) is 76.3 Å². The quantitative estimate of drug-likeness (QED) is 0.193. The Balaban J connectivity index is 1.24. The summed E-state index contributed by atoms with van der Waals surface area (Å²) in [6.07, 6.45) is 0. The minimum Gasteiger partial charge on any atom is -0.309 e. The first-order valence-electron chi connectivity index (χ1n) is 17.0. The molecule has 1 aliphatic heterocycles. The van der Waals surface area contributed by atoms with Gasteiger partial charge in [-0.2, -0.15) is 0 Å². The molecule has 0 aliphatic carbocycles. The van der Waals surface area contributed by atoms with Crippen LogP contribution in [0.4, 0.5) is 17.2 Å². The highest BCUT2D eigenvalue weighted by molar-refractivity contribution is 6.20. The Labute approximate surface area is 288 Å². The van der Waals surface area contributed by atoms with Crippen molar-refractivity contribution in [2.24, 2.45) is 0 Å². The fourth-order valence-corrected chi connectivity index (χ4v) is 8.12. The zero-order valence-corrected chi connectivity index (χ0v) is 27.0. The number of aromatic nitrogens is 3. The zero-order valence-electron chi connectivity index (χ0n) is 27.0. The number of nitrogens with zero attached hydrogens (tertiary/aromatic N) is 4. The largest absolute Gasteiger partial charge is 0.309 e. The fourth-order valence-electron chi connectivity index (χ4n) is 8.12. The molecule has 0 N–H and O–H groups in total. The maximum atomic E-state index is 5.47. The van der Waals surface area contributed by atoms with Crippen LogP contribution in [0.25, 0.3) is 82.5 Å². The molecule has 50 heavy (non-hydrogen) atoms. The molecule has 0 amide bonds. The number of rotatable bonds is 3. The SMILES string of the molecule is c1ccc(-n2c3ccccc3c3cc(-c4nc5ccccc5nc4N4c5ccc6ccccc6c5-c5cccc6cccc4c56)ccc32)cc1. The Kier molecular flexibility index (Phi) is 5.63. The normalized spacial score (nSPS) is 12.4. The molecular weight excluding hydrogens is 609 g/mol. The second-order valence-electron chi connectivity index (χ2n) is 13.0. The summed E-state index contributed by atoms with van der Waals surface area (Å²) in [7, 11) is 0. The van der Waals surface area contributed by atoms with Crippen molar-refractivity contribution in [1.82, 2.24) is 14.5 Å². The summed E-state index contributed by atoms with van der Waals surface area (Å²) in [5.74, 6) is 0.813. The van der Waals surface area contributed by atoms with Crippen molar-refractivity contribution in [2.45, 2.75) is 0 Å². The summed E-state index contributed by atoms with van der Waals surface area (Å²) < 4.78 is 2.35. The molecule has 10 aromatic rings. The first-order valence-corrected chi connectivity index (χ1v) is 17.0. The minimum atomic E-state index is 0.813. The van der Waals surface area contributed by atoms with Gasteiger partial charge in [0.1, 0.15) is 5.69 Å². The van der Waals surface area contributed by atoms with Gasteiger partial charge < -0.3 is 4.57 Å². The molecule has 0 saturated heterocycles. The standard InChI is InChI=1S/C46H28N4/c1-2-15-32(16-3-1)49-39-22-9-6-18-34(39)36-28-31(25-26-40(36)49)45-46(48-38-21-8-7-20-37(38)47-45)50-41-23-11-14-30-13-10-19-35(43(30)41)44-33-17-5-4-12-29(33)24-27-42(44)50/h1-28H. The number of fused-ring (bicyclic) bond motifs is 8. The molecule has 11 rings (SSSR count). The minimum absolute atomic E-state index is 0.813. The van der Waals surface area contributed by atoms with E-state index in [-0.39, 0.29) is 0 Å². The summed E-state index contributed by atoms with van der Waals surface area (Å²) >= 11 is 0. The molecule has 0 saturated carbocycles. The Morgan fingerprint density at radius 1 is 0.440 bits per heavy atom. The van der Waals surface area contributed by atoms with E-state index in [9.17, 15) is 0 Å².